The third kappa shape index (κ3) is 5.35. The number of nitrogens with one attached hydrogen (secondary N) is 1. The first kappa shape index (κ1) is 17.4. The standard InChI is InChI=1S/C19H19NO4/c21-16(12-13-18(22)23)11-10-14-6-4-5-9-17(14)20-19(24)15-7-2-1-3-8-15/h1-9H,10-13H2,(H,20,24)(H,22,23). The lowest BCUT2D eigenvalue weighted by Gasteiger charge is -2.11. The molecule has 1 amide bonds. The van der Waals surface area contributed by atoms with Crippen molar-refractivity contribution in [3.05, 3.63) is 65.7 Å². The summed E-state index contributed by atoms with van der Waals surface area (Å²) in [5.41, 5.74) is 2.08. The number of rotatable bonds is 8. The zero-order valence-corrected chi connectivity index (χ0v) is 13.2. The lowest BCUT2D eigenvalue weighted by molar-refractivity contribution is -0.138. The Kier molecular flexibility index (Phi) is 6.25. The quantitative estimate of drug-likeness (QED) is 0.780. The number of hydrogen-bond donors (Lipinski definition) is 2. The molecule has 0 aliphatic heterocycles. The second-order valence-corrected chi connectivity index (χ2v) is 5.41. The molecule has 0 heterocycles. The van der Waals surface area contributed by atoms with E-state index in [0.717, 1.165) is 5.56 Å². The number of carbonyl (C=O) groups is 3. The molecule has 0 saturated carbocycles. The Morgan fingerprint density at radius 2 is 1.50 bits per heavy atom. The topological polar surface area (TPSA) is 83.5 Å². The molecule has 0 unspecified atom stereocenters. The van der Waals surface area contributed by atoms with Crippen LogP contribution in [0.5, 0.6) is 0 Å². The van der Waals surface area contributed by atoms with E-state index < -0.39 is 5.97 Å². The van der Waals surface area contributed by atoms with E-state index in [1.54, 1.807) is 30.3 Å². The first-order valence-electron chi connectivity index (χ1n) is 7.74. The third-order valence-electron chi connectivity index (χ3n) is 3.59. The SMILES string of the molecule is O=C(O)CCC(=O)CCc1ccccc1NC(=O)c1ccccc1. The smallest absolute Gasteiger partial charge is 0.303 e. The summed E-state index contributed by atoms with van der Waals surface area (Å²) in [5, 5.41) is 11.5. The number of para-hydroxylation sites is 1. The first-order valence-corrected chi connectivity index (χ1v) is 7.74. The maximum atomic E-state index is 12.2. The summed E-state index contributed by atoms with van der Waals surface area (Å²) in [5.74, 6) is -1.28. The predicted molar refractivity (Wildman–Crippen MR) is 91.0 cm³/mol. The van der Waals surface area contributed by atoms with Gasteiger partial charge in [0.1, 0.15) is 5.78 Å². The normalized spacial score (nSPS) is 10.2. The van der Waals surface area contributed by atoms with Crippen LogP contribution < -0.4 is 5.32 Å². The Bertz CT molecular complexity index is 725. The van der Waals surface area contributed by atoms with Gasteiger partial charge in [-0.05, 0) is 30.2 Å². The monoisotopic (exact) mass is 325 g/mol. The highest BCUT2D eigenvalue weighted by Gasteiger charge is 2.11. The molecule has 24 heavy (non-hydrogen) atoms. The number of carbonyl (C=O) groups excluding carboxylic acids is 2. The van der Waals surface area contributed by atoms with Gasteiger partial charge in [-0.2, -0.15) is 0 Å². The van der Waals surface area contributed by atoms with Gasteiger partial charge in [-0.3, -0.25) is 14.4 Å². The van der Waals surface area contributed by atoms with E-state index in [1.165, 1.54) is 0 Å². The molecule has 2 aromatic rings. The van der Waals surface area contributed by atoms with Gasteiger partial charge in [-0.15, -0.1) is 0 Å². The van der Waals surface area contributed by atoms with E-state index in [4.69, 9.17) is 5.11 Å². The molecule has 0 aliphatic rings. The van der Waals surface area contributed by atoms with Gasteiger partial charge in [0.05, 0.1) is 6.42 Å². The fraction of sp³-hybridized carbons (Fsp3) is 0.211. The Hall–Kier alpha value is -2.95. The summed E-state index contributed by atoms with van der Waals surface area (Å²) < 4.78 is 0. The van der Waals surface area contributed by atoms with Gasteiger partial charge in [-0.25, -0.2) is 0 Å². The van der Waals surface area contributed by atoms with Crippen LogP contribution in [0, 0.1) is 0 Å². The van der Waals surface area contributed by atoms with Crippen molar-refractivity contribution in [1.29, 1.82) is 0 Å². The number of ketones is 1. The minimum absolute atomic E-state index is 0.0356. The van der Waals surface area contributed by atoms with Crippen LogP contribution in [0.1, 0.15) is 35.2 Å². The third-order valence-corrected chi connectivity index (χ3v) is 3.59. The van der Waals surface area contributed by atoms with Gasteiger partial charge in [0.2, 0.25) is 0 Å². The van der Waals surface area contributed by atoms with Crippen molar-refractivity contribution >= 4 is 23.3 Å². The lowest BCUT2D eigenvalue weighted by Crippen LogP contribution is -2.13. The molecule has 0 saturated heterocycles. The molecule has 5 nitrogen and oxygen atoms in total. The van der Waals surface area contributed by atoms with Crippen LogP contribution in [-0.2, 0) is 16.0 Å². The molecule has 0 spiro atoms. The van der Waals surface area contributed by atoms with Crippen LogP contribution in [-0.4, -0.2) is 22.8 Å². The van der Waals surface area contributed by atoms with Gasteiger partial charge < -0.3 is 10.4 Å². The summed E-state index contributed by atoms with van der Waals surface area (Å²) in [6.45, 7) is 0. The number of carboxylic acid groups (broad SMARTS) is 1. The second kappa shape index (κ2) is 8.62. The second-order valence-electron chi connectivity index (χ2n) is 5.41. The van der Waals surface area contributed by atoms with E-state index in [0.29, 0.717) is 17.7 Å². The number of anilines is 1. The van der Waals surface area contributed by atoms with E-state index in [1.807, 2.05) is 24.3 Å². The summed E-state index contributed by atoms with van der Waals surface area (Å²) in [4.78, 5) is 34.5. The Labute approximate surface area is 140 Å². The zero-order valence-electron chi connectivity index (χ0n) is 13.2. The van der Waals surface area contributed by atoms with Gasteiger partial charge >= 0.3 is 5.97 Å². The number of aryl methyl sites for hydroxylation is 1. The zero-order chi connectivity index (χ0) is 17.4. The number of aliphatic carboxylic acids is 1. The van der Waals surface area contributed by atoms with Gasteiger partial charge in [0, 0.05) is 24.1 Å². The van der Waals surface area contributed by atoms with Gasteiger partial charge in [-0.1, -0.05) is 36.4 Å². The van der Waals surface area contributed by atoms with Gasteiger partial charge in [0.25, 0.3) is 5.91 Å². The number of amides is 1. The summed E-state index contributed by atoms with van der Waals surface area (Å²) in [7, 11) is 0. The van der Waals surface area contributed by atoms with Crippen molar-refractivity contribution in [2.24, 2.45) is 0 Å². The largest absolute Gasteiger partial charge is 0.481 e. The average molecular weight is 325 g/mol. The minimum Gasteiger partial charge on any atom is -0.481 e. The number of Topliss-reactive ketones (excluding diaryl/α,β-unsaturated/α-hetero) is 1. The predicted octanol–water partition coefficient (Wildman–Crippen LogP) is 3.31. The van der Waals surface area contributed by atoms with Crippen molar-refractivity contribution in [1.82, 2.24) is 0 Å². The molecule has 124 valence electrons. The van der Waals surface area contributed by atoms with Crippen LogP contribution in [0.2, 0.25) is 0 Å². The van der Waals surface area contributed by atoms with Crippen molar-refractivity contribution < 1.29 is 19.5 Å². The fourth-order valence-corrected chi connectivity index (χ4v) is 2.29. The fourth-order valence-electron chi connectivity index (χ4n) is 2.29. The maximum Gasteiger partial charge on any atom is 0.303 e. The highest BCUT2D eigenvalue weighted by molar-refractivity contribution is 6.04. The first-order chi connectivity index (χ1) is 11.6. The van der Waals surface area contributed by atoms with E-state index >= 15 is 0 Å². The average Bonchev–Trinajstić information content (AvgIpc) is 2.60. The molecule has 0 aliphatic carbocycles. The van der Waals surface area contributed by atoms with Crippen LogP contribution in [0.15, 0.2) is 54.6 Å². The molecule has 0 aromatic heterocycles. The maximum absolute atomic E-state index is 12.2. The van der Waals surface area contributed by atoms with E-state index in [-0.39, 0.29) is 31.0 Å². The molecular weight excluding hydrogens is 306 g/mol. The number of carboxylic acids is 1. The van der Waals surface area contributed by atoms with E-state index in [9.17, 15) is 14.4 Å². The Morgan fingerprint density at radius 3 is 2.21 bits per heavy atom. The Balaban J connectivity index is 1.98. The molecule has 2 N–H and O–H groups in total. The molecule has 5 heteroatoms. The molecule has 2 rings (SSSR count). The van der Waals surface area contributed by atoms with Crippen molar-refractivity contribution in [3.8, 4) is 0 Å². The lowest BCUT2D eigenvalue weighted by atomic mass is 10.0. The highest BCUT2D eigenvalue weighted by Crippen LogP contribution is 2.18. The Morgan fingerprint density at radius 1 is 0.833 bits per heavy atom. The summed E-state index contributed by atoms with van der Waals surface area (Å²) >= 11 is 0. The van der Waals surface area contributed by atoms with Crippen molar-refractivity contribution in [2.75, 3.05) is 5.32 Å². The minimum atomic E-state index is -0.973. The molecule has 0 atom stereocenters. The molecular formula is C19H19NO4. The van der Waals surface area contributed by atoms with Crippen molar-refractivity contribution in [3.63, 3.8) is 0 Å². The van der Waals surface area contributed by atoms with E-state index in [2.05, 4.69) is 5.32 Å². The molecule has 0 radical (unpaired) electrons. The van der Waals surface area contributed by atoms with Crippen LogP contribution >= 0.6 is 0 Å². The van der Waals surface area contributed by atoms with Crippen LogP contribution in [0.25, 0.3) is 0 Å². The van der Waals surface area contributed by atoms with Crippen molar-refractivity contribution in [2.45, 2.75) is 25.7 Å². The summed E-state index contributed by atoms with van der Waals surface area (Å²) in [6.07, 6.45) is 0.605. The highest BCUT2D eigenvalue weighted by atomic mass is 16.4. The van der Waals surface area contributed by atoms with Gasteiger partial charge in [0.15, 0.2) is 0 Å². The molecule has 0 fully saturated rings. The molecule has 0 bridgehead atoms. The number of hydrogen-bond acceptors (Lipinski definition) is 3. The van der Waals surface area contributed by atoms with Crippen LogP contribution in [0.3, 0.4) is 0 Å². The molecule has 2 aromatic carbocycles. The summed E-state index contributed by atoms with van der Waals surface area (Å²) in [6, 6.07) is 16.2. The number of benzene rings is 2. The van der Waals surface area contributed by atoms with Crippen LogP contribution in [0.4, 0.5) is 5.69 Å².